The minimum absolute atomic E-state index is 0.267. The number of rotatable bonds is 6. The second-order valence-electron chi connectivity index (χ2n) is 4.52. The molecule has 2 heterocycles. The summed E-state index contributed by atoms with van der Waals surface area (Å²) in [7, 11) is 0. The maximum atomic E-state index is 5.52. The third-order valence-corrected chi connectivity index (χ3v) is 3.71. The average Bonchev–Trinajstić information content (AvgIpc) is 2.83. The number of hydrogen-bond donors (Lipinski definition) is 1. The van der Waals surface area contributed by atoms with Crippen LogP contribution in [0.25, 0.3) is 10.2 Å². The van der Waals surface area contributed by atoms with Gasteiger partial charge in [-0.15, -0.1) is 11.3 Å². The van der Waals surface area contributed by atoms with Crippen molar-refractivity contribution in [2.75, 3.05) is 18.5 Å². The summed E-state index contributed by atoms with van der Waals surface area (Å²) >= 11 is 1.63. The van der Waals surface area contributed by atoms with Gasteiger partial charge in [0.05, 0.1) is 18.0 Å². The van der Waals surface area contributed by atoms with Gasteiger partial charge in [-0.25, -0.2) is 9.97 Å². The molecule has 0 aliphatic heterocycles. The van der Waals surface area contributed by atoms with Gasteiger partial charge in [0.15, 0.2) is 0 Å². The molecule has 0 aliphatic carbocycles. The summed E-state index contributed by atoms with van der Waals surface area (Å²) in [6.07, 6.45) is 1.61. The highest BCUT2D eigenvalue weighted by Gasteiger charge is 2.15. The Morgan fingerprint density at radius 2 is 2.22 bits per heavy atom. The van der Waals surface area contributed by atoms with Crippen molar-refractivity contribution in [3.63, 3.8) is 0 Å². The molecule has 0 saturated carbocycles. The second-order valence-corrected chi connectivity index (χ2v) is 5.41. The van der Waals surface area contributed by atoms with E-state index >= 15 is 0 Å². The van der Waals surface area contributed by atoms with Crippen LogP contribution in [-0.2, 0) is 4.74 Å². The van der Waals surface area contributed by atoms with E-state index in [9.17, 15) is 0 Å². The molecule has 2 aromatic heterocycles. The van der Waals surface area contributed by atoms with Gasteiger partial charge in [0.25, 0.3) is 0 Å². The van der Waals surface area contributed by atoms with Crippen molar-refractivity contribution in [1.82, 2.24) is 9.97 Å². The van der Waals surface area contributed by atoms with Crippen LogP contribution in [0.15, 0.2) is 17.8 Å². The molecular weight excluding hydrogens is 246 g/mol. The summed E-state index contributed by atoms with van der Waals surface area (Å²) in [5.41, 5.74) is 0. The summed E-state index contributed by atoms with van der Waals surface area (Å²) in [6.45, 7) is 7.82. The van der Waals surface area contributed by atoms with Crippen molar-refractivity contribution in [3.05, 3.63) is 17.8 Å². The number of aromatic nitrogens is 2. The third-order valence-electron chi connectivity index (χ3n) is 2.89. The van der Waals surface area contributed by atoms with Crippen molar-refractivity contribution in [3.8, 4) is 0 Å². The van der Waals surface area contributed by atoms with E-state index in [2.05, 4.69) is 35.2 Å². The zero-order valence-corrected chi connectivity index (χ0v) is 11.8. The molecule has 1 atom stereocenters. The summed E-state index contributed by atoms with van der Waals surface area (Å²) in [6, 6.07) is 2.32. The van der Waals surface area contributed by atoms with Crippen LogP contribution in [-0.4, -0.2) is 29.2 Å². The zero-order valence-electron chi connectivity index (χ0n) is 11.0. The van der Waals surface area contributed by atoms with Gasteiger partial charge in [0.2, 0.25) is 0 Å². The molecule has 0 aliphatic rings. The minimum Gasteiger partial charge on any atom is -0.380 e. The van der Waals surface area contributed by atoms with Crippen molar-refractivity contribution >= 4 is 27.4 Å². The Balaban J connectivity index is 2.17. The first-order valence-corrected chi connectivity index (χ1v) is 7.12. The normalized spacial score (nSPS) is 13.1. The van der Waals surface area contributed by atoms with Crippen molar-refractivity contribution < 1.29 is 4.74 Å². The lowest BCUT2D eigenvalue weighted by atomic mass is 10.1. The van der Waals surface area contributed by atoms with Gasteiger partial charge in [-0.05, 0) is 24.3 Å². The number of anilines is 1. The van der Waals surface area contributed by atoms with Crippen LogP contribution >= 0.6 is 11.3 Å². The van der Waals surface area contributed by atoms with Gasteiger partial charge in [0, 0.05) is 6.61 Å². The number of nitrogens with one attached hydrogen (secondary N) is 1. The topological polar surface area (TPSA) is 47.0 Å². The molecular formula is C13H19N3OS. The number of thiophene rings is 1. The monoisotopic (exact) mass is 265 g/mol. The first-order valence-electron chi connectivity index (χ1n) is 6.24. The van der Waals surface area contributed by atoms with Crippen LogP contribution in [0.5, 0.6) is 0 Å². The SMILES string of the molecule is CCOCC(Nc1ncnc2sccc12)C(C)C. The molecule has 18 heavy (non-hydrogen) atoms. The van der Waals surface area contributed by atoms with E-state index in [-0.39, 0.29) is 6.04 Å². The Morgan fingerprint density at radius 3 is 2.94 bits per heavy atom. The Kier molecular flexibility index (Phi) is 4.49. The van der Waals surface area contributed by atoms with Gasteiger partial charge >= 0.3 is 0 Å². The highest BCUT2D eigenvalue weighted by molar-refractivity contribution is 7.16. The fourth-order valence-corrected chi connectivity index (χ4v) is 2.46. The highest BCUT2D eigenvalue weighted by atomic mass is 32.1. The largest absolute Gasteiger partial charge is 0.380 e. The molecule has 0 fully saturated rings. The summed E-state index contributed by atoms with van der Waals surface area (Å²) in [5.74, 6) is 1.39. The Labute approximate surface area is 111 Å². The summed E-state index contributed by atoms with van der Waals surface area (Å²) in [4.78, 5) is 9.61. The summed E-state index contributed by atoms with van der Waals surface area (Å²) < 4.78 is 5.52. The molecule has 5 heteroatoms. The Morgan fingerprint density at radius 1 is 1.39 bits per heavy atom. The predicted molar refractivity (Wildman–Crippen MR) is 76.2 cm³/mol. The average molecular weight is 265 g/mol. The van der Waals surface area contributed by atoms with Crippen LogP contribution in [0, 0.1) is 5.92 Å². The third kappa shape index (κ3) is 2.97. The van der Waals surface area contributed by atoms with E-state index in [0.29, 0.717) is 12.5 Å². The number of nitrogens with zero attached hydrogens (tertiary/aromatic N) is 2. The van der Waals surface area contributed by atoms with Crippen LogP contribution in [0.3, 0.4) is 0 Å². The van der Waals surface area contributed by atoms with Gasteiger partial charge < -0.3 is 10.1 Å². The quantitative estimate of drug-likeness (QED) is 0.871. The summed E-state index contributed by atoms with van der Waals surface area (Å²) in [5, 5.41) is 6.60. The molecule has 0 saturated heterocycles. The van der Waals surface area contributed by atoms with Gasteiger partial charge in [-0.1, -0.05) is 13.8 Å². The first-order chi connectivity index (χ1) is 8.72. The van der Waals surface area contributed by atoms with Crippen LogP contribution in [0.2, 0.25) is 0 Å². The molecule has 98 valence electrons. The Hall–Kier alpha value is -1.20. The lowest BCUT2D eigenvalue weighted by Crippen LogP contribution is -2.31. The van der Waals surface area contributed by atoms with E-state index in [4.69, 9.17) is 4.74 Å². The van der Waals surface area contributed by atoms with E-state index in [1.807, 2.05) is 12.3 Å². The fourth-order valence-electron chi connectivity index (χ4n) is 1.73. The van der Waals surface area contributed by atoms with Crippen LogP contribution in [0.4, 0.5) is 5.82 Å². The maximum Gasteiger partial charge on any atom is 0.138 e. The number of hydrogen-bond acceptors (Lipinski definition) is 5. The molecule has 0 bridgehead atoms. The van der Waals surface area contributed by atoms with E-state index < -0.39 is 0 Å². The highest BCUT2D eigenvalue weighted by Crippen LogP contribution is 2.25. The molecule has 4 nitrogen and oxygen atoms in total. The molecule has 0 aromatic carbocycles. The molecule has 0 spiro atoms. The lowest BCUT2D eigenvalue weighted by molar-refractivity contribution is 0.126. The van der Waals surface area contributed by atoms with Crippen LogP contribution in [0.1, 0.15) is 20.8 Å². The Bertz CT molecular complexity index is 498. The lowest BCUT2D eigenvalue weighted by Gasteiger charge is -2.22. The molecule has 2 rings (SSSR count). The van der Waals surface area contributed by atoms with Gasteiger partial charge in [-0.2, -0.15) is 0 Å². The van der Waals surface area contributed by atoms with E-state index in [1.54, 1.807) is 17.7 Å². The van der Waals surface area contributed by atoms with E-state index in [1.165, 1.54) is 0 Å². The zero-order chi connectivity index (χ0) is 13.0. The smallest absolute Gasteiger partial charge is 0.138 e. The van der Waals surface area contributed by atoms with E-state index in [0.717, 1.165) is 22.6 Å². The van der Waals surface area contributed by atoms with Gasteiger partial charge in [-0.3, -0.25) is 0 Å². The molecule has 0 amide bonds. The molecule has 1 N–H and O–H groups in total. The standard InChI is InChI=1S/C13H19N3OS/c1-4-17-7-11(9(2)3)16-12-10-5-6-18-13(10)15-8-14-12/h5-6,8-9,11H,4,7H2,1-3H3,(H,14,15,16). The molecule has 1 unspecified atom stereocenters. The molecule has 0 radical (unpaired) electrons. The van der Waals surface area contributed by atoms with Crippen molar-refractivity contribution in [1.29, 1.82) is 0 Å². The first kappa shape index (κ1) is 13.2. The van der Waals surface area contributed by atoms with Crippen molar-refractivity contribution in [2.24, 2.45) is 5.92 Å². The van der Waals surface area contributed by atoms with Gasteiger partial charge in [0.1, 0.15) is 17.0 Å². The molecule has 2 aromatic rings. The number of fused-ring (bicyclic) bond motifs is 1. The van der Waals surface area contributed by atoms with Crippen molar-refractivity contribution in [2.45, 2.75) is 26.8 Å². The maximum absolute atomic E-state index is 5.52. The minimum atomic E-state index is 0.267. The van der Waals surface area contributed by atoms with Crippen LogP contribution < -0.4 is 5.32 Å². The predicted octanol–water partition coefficient (Wildman–Crippen LogP) is 3.16. The second kappa shape index (κ2) is 6.11. The number of ether oxygens (including phenoxy) is 1. The fraction of sp³-hybridized carbons (Fsp3) is 0.538.